The van der Waals surface area contributed by atoms with Crippen LogP contribution in [0.2, 0.25) is 0 Å². The number of nitrogens with one attached hydrogen (secondary N) is 1. The molecule has 3 rings (SSSR count). The molecule has 1 aliphatic carbocycles. The molecule has 0 spiro atoms. The lowest BCUT2D eigenvalue weighted by Gasteiger charge is -2.33. The first-order valence-corrected chi connectivity index (χ1v) is 9.74. The lowest BCUT2D eigenvalue weighted by Crippen LogP contribution is -2.34. The number of thiophene rings is 1. The van der Waals surface area contributed by atoms with E-state index >= 15 is 0 Å². The van der Waals surface area contributed by atoms with E-state index in [1.54, 1.807) is 11.3 Å². The second-order valence-corrected chi connectivity index (χ2v) is 9.50. The molecular formula is C19H27N3O2S. The van der Waals surface area contributed by atoms with Crippen molar-refractivity contribution in [3.63, 3.8) is 0 Å². The number of aryl methyl sites for hydroxylation is 1. The first kappa shape index (κ1) is 18.1. The minimum Gasteiger partial charge on any atom is -0.480 e. The molecule has 0 aliphatic heterocycles. The maximum absolute atomic E-state index is 11.6. The summed E-state index contributed by atoms with van der Waals surface area (Å²) >= 11 is 1.74. The number of hydrogen-bond donors (Lipinski definition) is 2. The van der Waals surface area contributed by atoms with E-state index < -0.39 is 12.0 Å². The van der Waals surface area contributed by atoms with Gasteiger partial charge in [-0.1, -0.05) is 34.6 Å². The van der Waals surface area contributed by atoms with Gasteiger partial charge in [-0.15, -0.1) is 11.3 Å². The van der Waals surface area contributed by atoms with Gasteiger partial charge in [0.05, 0.1) is 5.39 Å². The van der Waals surface area contributed by atoms with Crippen molar-refractivity contribution >= 4 is 33.3 Å². The summed E-state index contributed by atoms with van der Waals surface area (Å²) in [5.74, 6) is 0.457. The van der Waals surface area contributed by atoms with Crippen LogP contribution >= 0.6 is 11.3 Å². The number of carbonyl (C=O) groups is 1. The van der Waals surface area contributed by atoms with Gasteiger partial charge in [0, 0.05) is 4.88 Å². The highest BCUT2D eigenvalue weighted by molar-refractivity contribution is 7.19. The van der Waals surface area contributed by atoms with Gasteiger partial charge in [0.2, 0.25) is 0 Å². The van der Waals surface area contributed by atoms with Crippen LogP contribution in [0.3, 0.4) is 0 Å². The second-order valence-electron chi connectivity index (χ2n) is 8.42. The van der Waals surface area contributed by atoms with Crippen molar-refractivity contribution < 1.29 is 9.90 Å². The molecule has 136 valence electrons. The zero-order valence-corrected chi connectivity index (χ0v) is 16.4. The van der Waals surface area contributed by atoms with Crippen molar-refractivity contribution in [3.05, 3.63) is 16.8 Å². The molecule has 25 heavy (non-hydrogen) atoms. The molecule has 2 N–H and O–H groups in total. The summed E-state index contributed by atoms with van der Waals surface area (Å²) in [4.78, 5) is 22.7. The minimum atomic E-state index is -0.848. The predicted octanol–water partition coefficient (Wildman–Crippen LogP) is 4.36. The molecule has 0 fully saturated rings. The van der Waals surface area contributed by atoms with Crippen LogP contribution in [-0.4, -0.2) is 27.1 Å². The first-order valence-electron chi connectivity index (χ1n) is 8.93. The van der Waals surface area contributed by atoms with Gasteiger partial charge in [0.1, 0.15) is 23.0 Å². The minimum absolute atomic E-state index is 0.0257. The maximum atomic E-state index is 11.6. The van der Waals surface area contributed by atoms with Crippen molar-refractivity contribution in [1.82, 2.24) is 9.97 Å². The Morgan fingerprint density at radius 2 is 2.08 bits per heavy atom. The number of rotatable bonds is 4. The fourth-order valence-corrected chi connectivity index (χ4v) is 4.89. The van der Waals surface area contributed by atoms with E-state index in [-0.39, 0.29) is 5.92 Å². The fraction of sp³-hybridized carbons (Fsp3) is 0.632. The van der Waals surface area contributed by atoms with Crippen LogP contribution in [0, 0.1) is 17.3 Å². The highest BCUT2D eigenvalue weighted by Crippen LogP contribution is 2.44. The Labute approximate surface area is 152 Å². The number of aliphatic carboxylic acids is 1. The van der Waals surface area contributed by atoms with E-state index in [1.807, 2.05) is 13.8 Å². The van der Waals surface area contributed by atoms with Crippen LogP contribution in [0.5, 0.6) is 0 Å². The summed E-state index contributed by atoms with van der Waals surface area (Å²) in [7, 11) is 0. The van der Waals surface area contributed by atoms with Crippen LogP contribution in [0.25, 0.3) is 10.2 Å². The molecule has 0 amide bonds. The Morgan fingerprint density at radius 3 is 2.68 bits per heavy atom. The molecule has 2 aromatic rings. The largest absolute Gasteiger partial charge is 0.480 e. The second kappa shape index (κ2) is 6.56. The van der Waals surface area contributed by atoms with E-state index in [0.717, 1.165) is 29.5 Å². The van der Waals surface area contributed by atoms with E-state index in [0.29, 0.717) is 17.2 Å². The molecule has 6 heteroatoms. The summed E-state index contributed by atoms with van der Waals surface area (Å²) in [6.45, 7) is 10.7. The van der Waals surface area contributed by atoms with Crippen LogP contribution in [0.15, 0.2) is 6.33 Å². The molecule has 0 radical (unpaired) electrons. The van der Waals surface area contributed by atoms with Gasteiger partial charge in [-0.25, -0.2) is 14.8 Å². The molecule has 1 aliphatic rings. The third-order valence-electron chi connectivity index (χ3n) is 5.30. The van der Waals surface area contributed by atoms with E-state index in [4.69, 9.17) is 0 Å². The average molecular weight is 362 g/mol. The van der Waals surface area contributed by atoms with Crippen molar-refractivity contribution in [2.24, 2.45) is 17.3 Å². The Balaban J connectivity index is 2.00. The number of nitrogens with zero attached hydrogens (tertiary/aromatic N) is 2. The van der Waals surface area contributed by atoms with Crippen molar-refractivity contribution in [2.45, 2.75) is 59.9 Å². The van der Waals surface area contributed by atoms with E-state index in [1.165, 1.54) is 16.8 Å². The molecule has 2 unspecified atom stereocenters. The third-order valence-corrected chi connectivity index (χ3v) is 6.46. The number of carboxylic acid groups (broad SMARTS) is 1. The van der Waals surface area contributed by atoms with Crippen molar-refractivity contribution in [3.8, 4) is 0 Å². The molecular weight excluding hydrogens is 334 g/mol. The Hall–Kier alpha value is -1.69. The van der Waals surface area contributed by atoms with Gasteiger partial charge in [0.25, 0.3) is 0 Å². The van der Waals surface area contributed by atoms with Crippen LogP contribution in [0.1, 0.15) is 51.5 Å². The standard InChI is InChI=1S/C19H27N3O2S/c1-10(2)15(18(23)24)22-16-14-12-7-6-11(19(3,4)5)8-13(12)25-17(14)21-9-20-16/h9-11,15H,6-8H2,1-5H3,(H,23,24)(H,20,21,22). The highest BCUT2D eigenvalue weighted by Gasteiger charge is 2.32. The number of carboxylic acids is 1. The van der Waals surface area contributed by atoms with Gasteiger partial charge in [-0.3, -0.25) is 0 Å². The lowest BCUT2D eigenvalue weighted by molar-refractivity contribution is -0.138. The lowest BCUT2D eigenvalue weighted by atomic mass is 9.72. The summed E-state index contributed by atoms with van der Waals surface area (Å²) in [6.07, 6.45) is 4.78. The average Bonchev–Trinajstić information content (AvgIpc) is 2.89. The van der Waals surface area contributed by atoms with Crippen LogP contribution in [0.4, 0.5) is 5.82 Å². The Kier molecular flexibility index (Phi) is 4.75. The highest BCUT2D eigenvalue weighted by atomic mass is 32.1. The summed E-state index contributed by atoms with van der Waals surface area (Å²) in [5.41, 5.74) is 1.61. The quantitative estimate of drug-likeness (QED) is 0.846. The summed E-state index contributed by atoms with van der Waals surface area (Å²) in [5, 5.41) is 13.7. The molecule has 0 bridgehead atoms. The van der Waals surface area contributed by atoms with E-state index in [2.05, 4.69) is 36.1 Å². The fourth-order valence-electron chi connectivity index (χ4n) is 3.62. The number of hydrogen-bond acceptors (Lipinski definition) is 5. The number of anilines is 1. The molecule has 0 saturated carbocycles. The monoisotopic (exact) mass is 361 g/mol. The SMILES string of the molecule is CC(C)C(Nc1ncnc2sc3c(c12)CCC(C(C)(C)C)C3)C(=O)O. The van der Waals surface area contributed by atoms with Crippen LogP contribution < -0.4 is 5.32 Å². The van der Waals surface area contributed by atoms with Gasteiger partial charge < -0.3 is 10.4 Å². The molecule has 5 nitrogen and oxygen atoms in total. The Bertz CT molecular complexity index is 792. The molecule has 2 atom stereocenters. The van der Waals surface area contributed by atoms with Gasteiger partial charge in [-0.2, -0.15) is 0 Å². The summed E-state index contributed by atoms with van der Waals surface area (Å²) < 4.78 is 0. The van der Waals surface area contributed by atoms with Crippen molar-refractivity contribution in [1.29, 1.82) is 0 Å². The predicted molar refractivity (Wildman–Crippen MR) is 102 cm³/mol. The topological polar surface area (TPSA) is 75.1 Å². The maximum Gasteiger partial charge on any atom is 0.326 e. The van der Waals surface area contributed by atoms with E-state index in [9.17, 15) is 9.90 Å². The van der Waals surface area contributed by atoms with Crippen LogP contribution in [-0.2, 0) is 17.6 Å². The molecule has 0 saturated heterocycles. The zero-order chi connectivity index (χ0) is 18.4. The molecule has 2 aromatic heterocycles. The third kappa shape index (κ3) is 3.50. The summed E-state index contributed by atoms with van der Waals surface area (Å²) in [6, 6.07) is -0.653. The number of fused-ring (bicyclic) bond motifs is 3. The Morgan fingerprint density at radius 1 is 1.36 bits per heavy atom. The molecule has 0 aromatic carbocycles. The zero-order valence-electron chi connectivity index (χ0n) is 15.6. The smallest absolute Gasteiger partial charge is 0.326 e. The normalized spacial score (nSPS) is 19.0. The van der Waals surface area contributed by atoms with Crippen molar-refractivity contribution in [2.75, 3.05) is 5.32 Å². The first-order chi connectivity index (χ1) is 11.7. The van der Waals surface area contributed by atoms with Gasteiger partial charge in [0.15, 0.2) is 0 Å². The van der Waals surface area contributed by atoms with Gasteiger partial charge in [-0.05, 0) is 42.1 Å². The molecule has 2 heterocycles. The number of aromatic nitrogens is 2. The van der Waals surface area contributed by atoms with Gasteiger partial charge >= 0.3 is 5.97 Å².